The van der Waals surface area contributed by atoms with Crippen molar-refractivity contribution in [1.29, 1.82) is 0 Å². The van der Waals surface area contributed by atoms with Crippen molar-refractivity contribution in [2.75, 3.05) is 40.8 Å². The molecule has 25 heavy (non-hydrogen) atoms. The van der Waals surface area contributed by atoms with Crippen molar-refractivity contribution < 1.29 is 0 Å². The Kier molecular flexibility index (Phi) is 14.5. The molecule has 0 aliphatic carbocycles. The predicted octanol–water partition coefficient (Wildman–Crippen LogP) is 3.60. The molecule has 1 aromatic rings. The quantitative estimate of drug-likeness (QED) is 0.220. The summed E-state index contributed by atoms with van der Waals surface area (Å²) < 4.78 is 0. The van der Waals surface area contributed by atoms with Gasteiger partial charge in [-0.25, -0.2) is 4.98 Å². The molecule has 0 bridgehead atoms. The Morgan fingerprint density at radius 2 is 1.68 bits per heavy atom. The van der Waals surface area contributed by atoms with Crippen molar-refractivity contribution in [2.24, 2.45) is 4.99 Å². The van der Waals surface area contributed by atoms with E-state index >= 15 is 0 Å². The van der Waals surface area contributed by atoms with Gasteiger partial charge in [-0.3, -0.25) is 4.99 Å². The fourth-order valence-electron chi connectivity index (χ4n) is 2.44. The van der Waals surface area contributed by atoms with Crippen LogP contribution in [0.1, 0.15) is 47.7 Å². The lowest BCUT2D eigenvalue weighted by Gasteiger charge is -2.11. The number of aryl methyl sites for hydroxylation is 2. The highest BCUT2D eigenvalue weighted by molar-refractivity contribution is 14.0. The third-order valence-corrected chi connectivity index (χ3v) is 5.13. The third kappa shape index (κ3) is 11.8. The van der Waals surface area contributed by atoms with E-state index in [1.54, 1.807) is 11.3 Å². The second-order valence-corrected chi connectivity index (χ2v) is 7.78. The van der Waals surface area contributed by atoms with Gasteiger partial charge in [0.25, 0.3) is 0 Å². The second-order valence-electron chi connectivity index (χ2n) is 6.50. The highest BCUT2D eigenvalue weighted by Crippen LogP contribution is 2.16. The third-order valence-electron chi connectivity index (χ3n) is 4.00. The van der Waals surface area contributed by atoms with Crippen molar-refractivity contribution in [1.82, 2.24) is 20.5 Å². The molecule has 0 aliphatic heterocycles. The molecule has 0 radical (unpaired) electrons. The number of hydrogen-bond donors (Lipinski definition) is 2. The summed E-state index contributed by atoms with van der Waals surface area (Å²) in [7, 11) is 6.10. The van der Waals surface area contributed by atoms with Crippen LogP contribution in [-0.4, -0.2) is 56.6 Å². The zero-order valence-electron chi connectivity index (χ0n) is 16.5. The first-order valence-corrected chi connectivity index (χ1v) is 9.86. The number of rotatable bonds is 11. The molecule has 5 nitrogen and oxygen atoms in total. The highest BCUT2D eigenvalue weighted by Gasteiger charge is 2.04. The van der Waals surface area contributed by atoms with Gasteiger partial charge in [0, 0.05) is 31.4 Å². The molecule has 7 heteroatoms. The summed E-state index contributed by atoms with van der Waals surface area (Å²) in [5, 5.41) is 7.97. The van der Waals surface area contributed by atoms with E-state index in [4.69, 9.17) is 0 Å². The number of aliphatic imine (C=N–C) groups is 1. The molecule has 0 fully saturated rings. The normalized spacial score (nSPS) is 11.5. The Labute approximate surface area is 175 Å². The van der Waals surface area contributed by atoms with Crippen LogP contribution in [-0.2, 0) is 6.42 Å². The molecule has 0 aliphatic rings. The summed E-state index contributed by atoms with van der Waals surface area (Å²) in [4.78, 5) is 12.4. The van der Waals surface area contributed by atoms with Crippen LogP contribution in [0.4, 0.5) is 0 Å². The van der Waals surface area contributed by atoms with Gasteiger partial charge in [0.05, 0.1) is 10.7 Å². The first-order chi connectivity index (χ1) is 11.5. The maximum Gasteiger partial charge on any atom is 0.190 e. The molecule has 0 amide bonds. The molecule has 0 spiro atoms. The van der Waals surface area contributed by atoms with Crippen LogP contribution in [0.5, 0.6) is 0 Å². The van der Waals surface area contributed by atoms with E-state index < -0.39 is 0 Å². The van der Waals surface area contributed by atoms with Gasteiger partial charge < -0.3 is 15.5 Å². The largest absolute Gasteiger partial charge is 0.356 e. The second kappa shape index (κ2) is 14.7. The number of unbranched alkanes of at least 4 members (excludes halogenated alkanes) is 4. The number of halogens is 1. The smallest absolute Gasteiger partial charge is 0.190 e. The summed E-state index contributed by atoms with van der Waals surface area (Å²) in [6, 6.07) is 0. The Bertz CT molecular complexity index is 468. The minimum Gasteiger partial charge on any atom is -0.356 e. The lowest BCUT2D eigenvalue weighted by atomic mass is 10.1. The number of thiazole rings is 1. The van der Waals surface area contributed by atoms with Gasteiger partial charge >= 0.3 is 0 Å². The molecule has 1 aromatic heterocycles. The van der Waals surface area contributed by atoms with Crippen LogP contribution < -0.4 is 10.6 Å². The van der Waals surface area contributed by atoms with Crippen LogP contribution in [0.25, 0.3) is 0 Å². The SMILES string of the molecule is CN=C(NCCCCCCCN(C)C)NCCc1nc(C)c(C)s1.I. The molecular formula is C18H36IN5S. The molecule has 0 unspecified atom stereocenters. The van der Waals surface area contributed by atoms with Crippen LogP contribution in [0.15, 0.2) is 4.99 Å². The predicted molar refractivity (Wildman–Crippen MR) is 122 cm³/mol. The lowest BCUT2D eigenvalue weighted by Crippen LogP contribution is -2.38. The molecule has 0 atom stereocenters. The van der Waals surface area contributed by atoms with Crippen molar-refractivity contribution in [3.63, 3.8) is 0 Å². The number of aromatic nitrogens is 1. The Balaban J connectivity index is 0.00000576. The molecule has 0 saturated heterocycles. The monoisotopic (exact) mass is 481 g/mol. The highest BCUT2D eigenvalue weighted by atomic mass is 127. The van der Waals surface area contributed by atoms with Gasteiger partial charge in [-0.2, -0.15) is 0 Å². The summed E-state index contributed by atoms with van der Waals surface area (Å²) in [6.07, 6.45) is 7.40. The molecule has 146 valence electrons. The van der Waals surface area contributed by atoms with Crippen molar-refractivity contribution in [3.05, 3.63) is 15.6 Å². The van der Waals surface area contributed by atoms with E-state index in [2.05, 4.69) is 53.5 Å². The van der Waals surface area contributed by atoms with Crippen molar-refractivity contribution >= 4 is 41.3 Å². The number of nitrogens with zero attached hydrogens (tertiary/aromatic N) is 3. The molecule has 0 aromatic carbocycles. The summed E-state index contributed by atoms with van der Waals surface area (Å²) in [6.45, 7) is 7.26. The Morgan fingerprint density at radius 3 is 2.28 bits per heavy atom. The zero-order valence-corrected chi connectivity index (χ0v) is 19.7. The summed E-state index contributed by atoms with van der Waals surface area (Å²) in [5.41, 5.74) is 1.16. The minimum atomic E-state index is 0. The van der Waals surface area contributed by atoms with Gasteiger partial charge in [0.1, 0.15) is 0 Å². The maximum absolute atomic E-state index is 4.57. The van der Waals surface area contributed by atoms with Gasteiger partial charge in [-0.05, 0) is 47.3 Å². The van der Waals surface area contributed by atoms with Crippen molar-refractivity contribution in [2.45, 2.75) is 52.4 Å². The van der Waals surface area contributed by atoms with Crippen LogP contribution in [0.3, 0.4) is 0 Å². The van der Waals surface area contributed by atoms with Crippen molar-refractivity contribution in [3.8, 4) is 0 Å². The molecular weight excluding hydrogens is 445 g/mol. The van der Waals surface area contributed by atoms with E-state index in [1.165, 1.54) is 48.5 Å². The van der Waals surface area contributed by atoms with Gasteiger partial charge in [-0.1, -0.05) is 19.3 Å². The fraction of sp³-hybridized carbons (Fsp3) is 0.778. The van der Waals surface area contributed by atoms with E-state index in [9.17, 15) is 0 Å². The van der Waals surface area contributed by atoms with Crippen LogP contribution in [0, 0.1) is 13.8 Å². The van der Waals surface area contributed by atoms with Gasteiger partial charge in [0.2, 0.25) is 0 Å². The number of nitrogens with one attached hydrogen (secondary N) is 2. The number of hydrogen-bond acceptors (Lipinski definition) is 4. The first-order valence-electron chi connectivity index (χ1n) is 9.05. The molecule has 2 N–H and O–H groups in total. The molecule has 1 rings (SSSR count). The summed E-state index contributed by atoms with van der Waals surface area (Å²) >= 11 is 1.79. The standard InChI is InChI=1S/C18H35N5S.HI/c1-15-16(2)24-17(22-15)11-13-21-18(19-3)20-12-9-7-6-8-10-14-23(4)5;/h6-14H2,1-5H3,(H2,19,20,21);1H. The maximum atomic E-state index is 4.57. The van der Waals surface area contributed by atoms with Crippen LogP contribution >= 0.6 is 35.3 Å². The van der Waals surface area contributed by atoms with E-state index in [1.807, 2.05) is 7.05 Å². The molecule has 0 saturated carbocycles. The topological polar surface area (TPSA) is 52.6 Å². The average molecular weight is 481 g/mol. The minimum absolute atomic E-state index is 0. The zero-order chi connectivity index (χ0) is 17.8. The molecule has 1 heterocycles. The average Bonchev–Trinajstić information content (AvgIpc) is 2.86. The Hall–Kier alpha value is -0.410. The lowest BCUT2D eigenvalue weighted by molar-refractivity contribution is 0.389. The van der Waals surface area contributed by atoms with E-state index in [0.29, 0.717) is 0 Å². The first kappa shape index (κ1) is 24.6. The Morgan fingerprint density at radius 1 is 1.04 bits per heavy atom. The van der Waals surface area contributed by atoms with E-state index in [-0.39, 0.29) is 24.0 Å². The summed E-state index contributed by atoms with van der Waals surface area (Å²) in [5.74, 6) is 0.896. The van der Waals surface area contributed by atoms with Gasteiger partial charge in [-0.15, -0.1) is 35.3 Å². The fourth-order valence-corrected chi connectivity index (χ4v) is 3.38. The van der Waals surface area contributed by atoms with E-state index in [0.717, 1.165) is 31.2 Å². The number of guanidine groups is 1. The van der Waals surface area contributed by atoms with Gasteiger partial charge in [0.15, 0.2) is 5.96 Å². The van der Waals surface area contributed by atoms with Crippen LogP contribution in [0.2, 0.25) is 0 Å².